The van der Waals surface area contributed by atoms with Gasteiger partial charge in [0.1, 0.15) is 34.8 Å². The molecule has 3 unspecified atom stereocenters. The Bertz CT molecular complexity index is 2260. The van der Waals surface area contributed by atoms with Gasteiger partial charge in [-0.15, -0.1) is 11.3 Å². The molecule has 4 aliphatic heterocycles. The van der Waals surface area contributed by atoms with Gasteiger partial charge in [-0.1, -0.05) is 37.6 Å². The molecule has 2 aromatic carbocycles. The number of carbonyl (C=O) groups is 1. The number of anilines is 2. The molecule has 53 heavy (non-hydrogen) atoms. The van der Waals surface area contributed by atoms with E-state index in [0.29, 0.717) is 61.7 Å². The van der Waals surface area contributed by atoms with Crippen LogP contribution in [-0.4, -0.2) is 87.7 Å². The first kappa shape index (κ1) is 34.5. The topological polar surface area (TPSA) is 115 Å². The quantitative estimate of drug-likeness (QED) is 0.203. The number of nitrogen functional groups attached to an aromatic ring is 1. The van der Waals surface area contributed by atoms with Crippen LogP contribution >= 0.6 is 22.9 Å². The van der Waals surface area contributed by atoms with Gasteiger partial charge in [0.2, 0.25) is 0 Å². The van der Waals surface area contributed by atoms with Gasteiger partial charge in [-0.05, 0) is 74.6 Å². The minimum atomic E-state index is -0.726. The van der Waals surface area contributed by atoms with Gasteiger partial charge >= 0.3 is 12.0 Å². The Labute approximate surface area is 315 Å². The summed E-state index contributed by atoms with van der Waals surface area (Å²) < 4.78 is 39.0. The highest BCUT2D eigenvalue weighted by Gasteiger charge is 2.61. The molecule has 5 fully saturated rings. The number of carbonyl (C=O) groups excluding carboxylic acids is 1. The van der Waals surface area contributed by atoms with E-state index in [1.165, 1.54) is 29.7 Å². The molecule has 10 nitrogen and oxygen atoms in total. The number of piperidine rings is 1. The van der Waals surface area contributed by atoms with E-state index in [2.05, 4.69) is 29.4 Å². The van der Waals surface area contributed by atoms with Crippen LogP contribution in [0.2, 0.25) is 5.02 Å². The zero-order chi connectivity index (χ0) is 37.0. The van der Waals surface area contributed by atoms with Gasteiger partial charge in [-0.25, -0.2) is 13.6 Å². The molecule has 1 saturated carbocycles. The molecular weight excluding hydrogens is 718 g/mol. The third-order valence-corrected chi connectivity index (χ3v) is 14.1. The van der Waals surface area contributed by atoms with Crippen LogP contribution in [0.25, 0.3) is 32.1 Å². The van der Waals surface area contributed by atoms with Crippen molar-refractivity contribution in [3.8, 4) is 23.2 Å². The Morgan fingerprint density at radius 3 is 2.89 bits per heavy atom. The Morgan fingerprint density at radius 1 is 1.28 bits per heavy atom. The Balaban J connectivity index is 1.17. The highest BCUT2D eigenvalue weighted by molar-refractivity contribution is 7.23. The fourth-order valence-corrected chi connectivity index (χ4v) is 11.3. The maximum Gasteiger partial charge on any atom is 0.324 e. The second-order valence-corrected chi connectivity index (χ2v) is 17.1. The summed E-state index contributed by atoms with van der Waals surface area (Å²) in [6.45, 7) is 9.13. The van der Waals surface area contributed by atoms with E-state index in [1.54, 1.807) is 13.1 Å². The molecular formula is C39H41ClF2N8O2S. The van der Waals surface area contributed by atoms with Crippen molar-refractivity contribution in [3.05, 3.63) is 53.2 Å². The summed E-state index contributed by atoms with van der Waals surface area (Å²) in [5.74, 6) is 0.245. The van der Waals surface area contributed by atoms with Crippen molar-refractivity contribution in [1.29, 1.82) is 5.26 Å². The van der Waals surface area contributed by atoms with E-state index in [0.717, 1.165) is 50.0 Å². The number of amides is 2. The summed E-state index contributed by atoms with van der Waals surface area (Å²) in [4.78, 5) is 31.6. The summed E-state index contributed by atoms with van der Waals surface area (Å²) in [7, 11) is 1.72. The predicted molar refractivity (Wildman–Crippen MR) is 203 cm³/mol. The third-order valence-electron chi connectivity index (χ3n) is 12.8. The molecule has 2 amide bonds. The summed E-state index contributed by atoms with van der Waals surface area (Å²) in [5, 5.41) is 10.8. The van der Waals surface area contributed by atoms with E-state index < -0.39 is 17.2 Å². The van der Waals surface area contributed by atoms with E-state index in [-0.39, 0.29) is 59.9 Å². The van der Waals surface area contributed by atoms with Crippen LogP contribution in [0.15, 0.2) is 31.0 Å². The molecule has 6 heterocycles. The number of hydrogen-bond donors (Lipinski definition) is 1. The highest BCUT2D eigenvalue weighted by atomic mass is 35.5. The van der Waals surface area contributed by atoms with E-state index in [1.807, 2.05) is 4.90 Å². The van der Waals surface area contributed by atoms with Crippen LogP contribution in [0, 0.1) is 34.8 Å². The van der Waals surface area contributed by atoms with Crippen molar-refractivity contribution < 1.29 is 18.3 Å². The molecule has 4 saturated heterocycles. The Hall–Kier alpha value is -4.25. The molecule has 2 aromatic heterocycles. The molecule has 9 rings (SSSR count). The lowest BCUT2D eigenvalue weighted by atomic mass is 9.90. The normalized spacial score (nSPS) is 27.5. The molecule has 1 spiro atoms. The number of nitrogens with two attached hydrogens (primary N) is 1. The van der Waals surface area contributed by atoms with Crippen molar-refractivity contribution in [2.45, 2.75) is 69.0 Å². The second-order valence-electron chi connectivity index (χ2n) is 15.7. The standard InChI is InChI=1S/C39H41ClF2N8O2S/c1-4-21-15-38(50(18-21)37(51)47(3)5-2)10-12-48(19-38)35-24-14-26(40)30(23-7-8-27(41)33-29(23)25(17-43)34(44)53-33)31(42)32(24)45-36(46-35)52-20-39-9-6-11-49(39)28-13-22(28)16-39/h5,7-8,14,21-22,28H,2,4,6,9-13,15-16,18-20,44H2,1,3H3/t21?,22?,28?,38-,39-/m1/s1. The van der Waals surface area contributed by atoms with Gasteiger partial charge in [0.05, 0.1) is 26.4 Å². The van der Waals surface area contributed by atoms with E-state index in [9.17, 15) is 10.1 Å². The van der Waals surface area contributed by atoms with Gasteiger partial charge in [-0.2, -0.15) is 15.2 Å². The van der Waals surface area contributed by atoms with Crippen molar-refractivity contribution in [2.75, 3.05) is 50.5 Å². The Kier molecular flexibility index (Phi) is 8.07. The zero-order valence-corrected chi connectivity index (χ0v) is 31.4. The average molecular weight is 759 g/mol. The lowest BCUT2D eigenvalue weighted by Gasteiger charge is -2.37. The fraction of sp³-hybridized carbons (Fsp3) is 0.487. The number of nitrogens with zero attached hydrogens (tertiary/aromatic N) is 7. The number of urea groups is 1. The van der Waals surface area contributed by atoms with Gasteiger partial charge in [-0.3, -0.25) is 4.90 Å². The van der Waals surface area contributed by atoms with E-state index in [4.69, 9.17) is 32.0 Å². The van der Waals surface area contributed by atoms with Crippen molar-refractivity contribution in [3.63, 3.8) is 0 Å². The molecule has 5 atom stereocenters. The summed E-state index contributed by atoms with van der Waals surface area (Å²) >= 11 is 7.92. The van der Waals surface area contributed by atoms with Crippen molar-refractivity contribution in [1.82, 2.24) is 24.7 Å². The number of halogens is 3. The minimum absolute atomic E-state index is 0.00536. The molecule has 4 aromatic rings. The smallest absolute Gasteiger partial charge is 0.324 e. The van der Waals surface area contributed by atoms with Crippen LogP contribution in [-0.2, 0) is 0 Å². The molecule has 0 radical (unpaired) electrons. The van der Waals surface area contributed by atoms with Crippen LogP contribution in [0.3, 0.4) is 0 Å². The molecule has 276 valence electrons. The summed E-state index contributed by atoms with van der Waals surface area (Å²) in [6, 6.07) is 6.98. The molecule has 5 aliphatic rings. The lowest BCUT2D eigenvalue weighted by molar-refractivity contribution is 0.0867. The van der Waals surface area contributed by atoms with Crippen LogP contribution in [0.5, 0.6) is 6.01 Å². The van der Waals surface area contributed by atoms with Gasteiger partial charge in [0.15, 0.2) is 5.82 Å². The minimum Gasteiger partial charge on any atom is -0.461 e. The number of rotatable bonds is 7. The first-order valence-electron chi connectivity index (χ1n) is 18.4. The maximum atomic E-state index is 17.3. The number of aromatic nitrogens is 2. The van der Waals surface area contributed by atoms with Crippen molar-refractivity contribution >= 4 is 60.8 Å². The Morgan fingerprint density at radius 2 is 2.11 bits per heavy atom. The molecule has 1 aliphatic carbocycles. The number of likely N-dealkylation sites (tertiary alicyclic amines) is 1. The van der Waals surface area contributed by atoms with E-state index >= 15 is 8.78 Å². The third kappa shape index (κ3) is 5.19. The number of nitriles is 1. The predicted octanol–water partition coefficient (Wildman–Crippen LogP) is 7.78. The highest BCUT2D eigenvalue weighted by Crippen LogP contribution is 2.57. The van der Waals surface area contributed by atoms with Crippen LogP contribution < -0.4 is 15.4 Å². The van der Waals surface area contributed by atoms with Crippen LogP contribution in [0.1, 0.15) is 57.4 Å². The lowest BCUT2D eigenvalue weighted by Crippen LogP contribution is -2.52. The summed E-state index contributed by atoms with van der Waals surface area (Å²) in [5.41, 5.74) is 5.94. The van der Waals surface area contributed by atoms with Crippen LogP contribution in [0.4, 0.5) is 24.4 Å². The monoisotopic (exact) mass is 758 g/mol. The molecule has 14 heteroatoms. The fourth-order valence-electron chi connectivity index (χ4n) is 10.1. The number of ether oxygens (including phenoxy) is 1. The summed E-state index contributed by atoms with van der Waals surface area (Å²) in [6.07, 6.45) is 8.50. The zero-order valence-electron chi connectivity index (χ0n) is 29.8. The van der Waals surface area contributed by atoms with Gasteiger partial charge in [0, 0.05) is 55.3 Å². The molecule has 2 N–H and O–H groups in total. The van der Waals surface area contributed by atoms with Gasteiger partial charge in [0.25, 0.3) is 0 Å². The first-order valence-corrected chi connectivity index (χ1v) is 19.6. The average Bonchev–Trinajstić information content (AvgIpc) is 3.61. The largest absolute Gasteiger partial charge is 0.461 e. The SMILES string of the molecule is C=CN(C)C(=O)N1CC(CC)C[C@@]12CCN(c1nc(OC[C@]34CCCN3C3CC3C4)nc3c(F)c(-c4ccc(F)c5sc(N)c(C#N)c45)c(Cl)cc13)C2. The number of fused-ring (bicyclic) bond motifs is 5. The van der Waals surface area contributed by atoms with Crippen molar-refractivity contribution in [2.24, 2.45) is 11.8 Å². The number of thiophene rings is 1. The molecule has 0 bridgehead atoms. The maximum absolute atomic E-state index is 17.3. The number of hydrogen-bond acceptors (Lipinski definition) is 9. The number of benzene rings is 2. The second kappa shape index (κ2) is 12.4. The van der Waals surface area contributed by atoms with Gasteiger partial charge < -0.3 is 25.2 Å². The first-order chi connectivity index (χ1) is 25.5.